The summed E-state index contributed by atoms with van der Waals surface area (Å²) in [6.07, 6.45) is 0.613. The first kappa shape index (κ1) is 22.4. The molecule has 1 aliphatic rings. The standard InChI is InChI=1S/C25H28N4O4/c1-25(16-29-19-10-6-4-9-18(19)14-20(29)23(31)28(25)2)24(32)27-15-22(30)26-13-12-17-8-5-7-11-21(17)33-3/h4-11,14H,12-13,15-16H2,1-3H3,(H,26,30)(H,27,32). The molecule has 0 radical (unpaired) electrons. The van der Waals surface area contributed by atoms with Crippen LogP contribution in [0, 0.1) is 0 Å². The summed E-state index contributed by atoms with van der Waals surface area (Å²) in [6, 6.07) is 17.2. The second kappa shape index (κ2) is 8.97. The van der Waals surface area contributed by atoms with Crippen molar-refractivity contribution in [2.45, 2.75) is 25.4 Å². The van der Waals surface area contributed by atoms with Crippen LogP contribution in [-0.4, -0.2) is 60.0 Å². The number of para-hydroxylation sites is 2. The highest BCUT2D eigenvalue weighted by atomic mass is 16.5. The number of hydrogen-bond donors (Lipinski definition) is 2. The van der Waals surface area contributed by atoms with E-state index in [4.69, 9.17) is 4.74 Å². The first-order valence-corrected chi connectivity index (χ1v) is 10.9. The predicted octanol–water partition coefficient (Wildman–Crippen LogP) is 1.97. The van der Waals surface area contributed by atoms with E-state index in [-0.39, 0.29) is 24.3 Å². The molecule has 2 heterocycles. The zero-order valence-electron chi connectivity index (χ0n) is 19.1. The average Bonchev–Trinajstić information content (AvgIpc) is 3.19. The minimum Gasteiger partial charge on any atom is -0.496 e. The minimum absolute atomic E-state index is 0.165. The molecule has 0 saturated carbocycles. The average molecular weight is 449 g/mol. The molecule has 8 heteroatoms. The molecule has 1 atom stereocenters. The first-order valence-electron chi connectivity index (χ1n) is 10.9. The molecule has 1 aliphatic heterocycles. The van der Waals surface area contributed by atoms with E-state index in [1.807, 2.05) is 59.2 Å². The topological polar surface area (TPSA) is 92.7 Å². The fourth-order valence-electron chi connectivity index (χ4n) is 4.25. The van der Waals surface area contributed by atoms with Gasteiger partial charge in [0, 0.05) is 24.5 Å². The van der Waals surface area contributed by atoms with Crippen molar-refractivity contribution in [1.82, 2.24) is 20.1 Å². The zero-order valence-corrected chi connectivity index (χ0v) is 19.1. The summed E-state index contributed by atoms with van der Waals surface area (Å²) in [5.74, 6) is -0.119. The summed E-state index contributed by atoms with van der Waals surface area (Å²) < 4.78 is 7.20. The van der Waals surface area contributed by atoms with Crippen molar-refractivity contribution in [1.29, 1.82) is 0 Å². The van der Waals surface area contributed by atoms with Crippen LogP contribution in [0.25, 0.3) is 10.9 Å². The van der Waals surface area contributed by atoms with E-state index in [0.29, 0.717) is 25.2 Å². The van der Waals surface area contributed by atoms with Crippen molar-refractivity contribution in [3.63, 3.8) is 0 Å². The van der Waals surface area contributed by atoms with Crippen LogP contribution in [0.15, 0.2) is 54.6 Å². The van der Waals surface area contributed by atoms with E-state index in [1.54, 1.807) is 21.1 Å². The van der Waals surface area contributed by atoms with Crippen LogP contribution in [-0.2, 0) is 22.6 Å². The molecule has 0 spiro atoms. The molecule has 0 bridgehead atoms. The number of fused-ring (bicyclic) bond motifs is 3. The van der Waals surface area contributed by atoms with Gasteiger partial charge in [0.25, 0.3) is 5.91 Å². The van der Waals surface area contributed by atoms with Crippen molar-refractivity contribution in [3.8, 4) is 5.75 Å². The summed E-state index contributed by atoms with van der Waals surface area (Å²) in [5, 5.41) is 6.47. The van der Waals surface area contributed by atoms with Gasteiger partial charge in [-0.2, -0.15) is 0 Å². The van der Waals surface area contributed by atoms with E-state index < -0.39 is 5.54 Å². The summed E-state index contributed by atoms with van der Waals surface area (Å²) in [4.78, 5) is 39.9. The van der Waals surface area contributed by atoms with Crippen molar-refractivity contribution in [2.75, 3.05) is 27.2 Å². The lowest BCUT2D eigenvalue weighted by Crippen LogP contribution is -2.63. The zero-order chi connectivity index (χ0) is 23.6. The quantitative estimate of drug-likeness (QED) is 0.578. The molecule has 0 aliphatic carbocycles. The number of aromatic nitrogens is 1. The normalized spacial score (nSPS) is 17.5. The number of nitrogens with one attached hydrogen (secondary N) is 2. The SMILES string of the molecule is COc1ccccc1CCNC(=O)CNC(=O)C1(C)Cn2c(cc3ccccc32)C(=O)N1C. The van der Waals surface area contributed by atoms with Gasteiger partial charge in [0.05, 0.1) is 20.2 Å². The molecule has 2 N–H and O–H groups in total. The smallest absolute Gasteiger partial charge is 0.271 e. The minimum atomic E-state index is -1.12. The maximum absolute atomic E-state index is 13.1. The van der Waals surface area contributed by atoms with Crippen LogP contribution in [0.2, 0.25) is 0 Å². The molecule has 4 rings (SSSR count). The van der Waals surface area contributed by atoms with Crippen LogP contribution < -0.4 is 15.4 Å². The van der Waals surface area contributed by atoms with Gasteiger partial charge in [0.15, 0.2) is 0 Å². The van der Waals surface area contributed by atoms with Gasteiger partial charge in [-0.3, -0.25) is 14.4 Å². The Morgan fingerprint density at radius 3 is 2.61 bits per heavy atom. The number of carbonyl (C=O) groups excluding carboxylic acids is 3. The van der Waals surface area contributed by atoms with Crippen molar-refractivity contribution in [3.05, 3.63) is 65.9 Å². The molecule has 1 unspecified atom stereocenters. The van der Waals surface area contributed by atoms with Gasteiger partial charge in [-0.15, -0.1) is 0 Å². The third-order valence-electron chi connectivity index (χ3n) is 6.35. The van der Waals surface area contributed by atoms with Gasteiger partial charge in [-0.05, 0) is 37.1 Å². The molecule has 3 amide bonds. The summed E-state index contributed by atoms with van der Waals surface area (Å²) in [7, 11) is 3.23. The largest absolute Gasteiger partial charge is 0.496 e. The van der Waals surface area contributed by atoms with Gasteiger partial charge in [-0.25, -0.2) is 0 Å². The summed E-state index contributed by atoms with van der Waals surface area (Å²) in [5.41, 5.74) is 1.33. The van der Waals surface area contributed by atoms with Crippen molar-refractivity contribution < 1.29 is 19.1 Å². The van der Waals surface area contributed by atoms with E-state index in [1.165, 1.54) is 4.90 Å². The second-order valence-corrected chi connectivity index (χ2v) is 8.41. The van der Waals surface area contributed by atoms with E-state index >= 15 is 0 Å². The van der Waals surface area contributed by atoms with E-state index in [9.17, 15) is 14.4 Å². The lowest BCUT2D eigenvalue weighted by Gasteiger charge is -2.41. The Bertz CT molecular complexity index is 1220. The van der Waals surface area contributed by atoms with Crippen LogP contribution in [0.4, 0.5) is 0 Å². The molecular formula is C25H28N4O4. The van der Waals surface area contributed by atoms with Crippen LogP contribution in [0.1, 0.15) is 23.0 Å². The molecule has 33 heavy (non-hydrogen) atoms. The third-order valence-corrected chi connectivity index (χ3v) is 6.35. The molecule has 0 fully saturated rings. The fourth-order valence-corrected chi connectivity index (χ4v) is 4.25. The van der Waals surface area contributed by atoms with Gasteiger partial charge in [0.2, 0.25) is 11.8 Å². The number of rotatable bonds is 7. The molecule has 0 saturated heterocycles. The van der Waals surface area contributed by atoms with Gasteiger partial charge in [-0.1, -0.05) is 36.4 Å². The van der Waals surface area contributed by atoms with Crippen LogP contribution in [0.3, 0.4) is 0 Å². The van der Waals surface area contributed by atoms with E-state index in [0.717, 1.165) is 22.2 Å². The maximum atomic E-state index is 13.1. The molecule has 3 aromatic rings. The van der Waals surface area contributed by atoms with Gasteiger partial charge >= 0.3 is 0 Å². The van der Waals surface area contributed by atoms with Crippen molar-refractivity contribution in [2.24, 2.45) is 0 Å². The lowest BCUT2D eigenvalue weighted by molar-refractivity contribution is -0.134. The highest BCUT2D eigenvalue weighted by molar-refractivity contribution is 6.03. The van der Waals surface area contributed by atoms with Gasteiger partial charge in [0.1, 0.15) is 17.0 Å². The Balaban J connectivity index is 1.37. The summed E-state index contributed by atoms with van der Waals surface area (Å²) >= 11 is 0. The Morgan fingerprint density at radius 2 is 1.82 bits per heavy atom. The number of hydrogen-bond acceptors (Lipinski definition) is 4. The Labute approximate surface area is 192 Å². The lowest BCUT2D eigenvalue weighted by atomic mass is 9.95. The van der Waals surface area contributed by atoms with E-state index in [2.05, 4.69) is 10.6 Å². The van der Waals surface area contributed by atoms with Crippen LogP contribution >= 0.6 is 0 Å². The Hall–Kier alpha value is -3.81. The maximum Gasteiger partial charge on any atom is 0.271 e. The molecule has 1 aromatic heterocycles. The number of benzene rings is 2. The molecular weight excluding hydrogens is 420 g/mol. The highest BCUT2D eigenvalue weighted by Crippen LogP contribution is 2.31. The van der Waals surface area contributed by atoms with Gasteiger partial charge < -0.3 is 24.8 Å². The molecule has 2 aromatic carbocycles. The predicted molar refractivity (Wildman–Crippen MR) is 125 cm³/mol. The highest BCUT2D eigenvalue weighted by Gasteiger charge is 2.45. The number of methoxy groups -OCH3 is 1. The monoisotopic (exact) mass is 448 g/mol. The Kier molecular flexibility index (Phi) is 6.09. The molecule has 8 nitrogen and oxygen atoms in total. The second-order valence-electron chi connectivity index (χ2n) is 8.41. The Morgan fingerprint density at radius 1 is 1.09 bits per heavy atom. The number of nitrogens with zero attached hydrogens (tertiary/aromatic N) is 2. The fraction of sp³-hybridized carbons (Fsp3) is 0.320. The van der Waals surface area contributed by atoms with Crippen molar-refractivity contribution >= 4 is 28.6 Å². The number of likely N-dealkylation sites (N-methyl/N-ethyl adjacent to an activating group) is 1. The van der Waals surface area contributed by atoms with Crippen LogP contribution in [0.5, 0.6) is 5.75 Å². The number of carbonyl (C=O) groups is 3. The number of ether oxygens (including phenoxy) is 1. The molecule has 172 valence electrons. The first-order chi connectivity index (χ1) is 15.8. The third kappa shape index (κ3) is 4.16. The number of amides is 3. The summed E-state index contributed by atoms with van der Waals surface area (Å²) in [6.45, 7) is 2.28.